The SMILES string of the molecule is OC1CN(c2cc(N3CC(c4cccnc4)=CN3)ncn2)C1. The van der Waals surface area contributed by atoms with Gasteiger partial charge in [0.1, 0.15) is 12.1 Å². The highest BCUT2D eigenvalue weighted by molar-refractivity contribution is 5.72. The topological polar surface area (TPSA) is 77.4 Å². The molecule has 1 saturated heterocycles. The molecule has 0 radical (unpaired) electrons. The number of aromatic nitrogens is 3. The zero-order valence-electron chi connectivity index (χ0n) is 11.9. The Kier molecular flexibility index (Phi) is 3.12. The standard InChI is InChI=1S/C15H16N6O/c22-13-8-20(9-13)14-4-15(18-10-17-14)21-7-12(6-19-21)11-2-1-3-16-5-11/h1-6,10,13,19,22H,7-9H2. The highest BCUT2D eigenvalue weighted by Gasteiger charge is 2.26. The molecule has 2 aromatic heterocycles. The van der Waals surface area contributed by atoms with Crippen molar-refractivity contribution in [1.29, 1.82) is 0 Å². The fraction of sp³-hybridized carbons (Fsp3) is 0.267. The van der Waals surface area contributed by atoms with Gasteiger partial charge in [-0.05, 0) is 17.2 Å². The minimum atomic E-state index is -0.248. The lowest BCUT2D eigenvalue weighted by atomic mass is 10.1. The van der Waals surface area contributed by atoms with E-state index in [0.29, 0.717) is 19.6 Å². The minimum absolute atomic E-state index is 0.248. The van der Waals surface area contributed by atoms with Crippen molar-refractivity contribution in [3.05, 3.63) is 48.7 Å². The van der Waals surface area contributed by atoms with E-state index in [0.717, 1.165) is 22.8 Å². The highest BCUT2D eigenvalue weighted by atomic mass is 16.3. The quantitative estimate of drug-likeness (QED) is 0.850. The molecule has 0 unspecified atom stereocenters. The molecule has 0 aromatic carbocycles. The lowest BCUT2D eigenvalue weighted by molar-refractivity contribution is 0.141. The number of pyridine rings is 1. The first kappa shape index (κ1) is 13.0. The number of hydrogen-bond acceptors (Lipinski definition) is 7. The predicted octanol–water partition coefficient (Wildman–Crippen LogP) is 0.418. The number of aliphatic hydroxyl groups excluding tert-OH is 1. The summed E-state index contributed by atoms with van der Waals surface area (Å²) in [5, 5.41) is 11.4. The van der Waals surface area contributed by atoms with Crippen LogP contribution in [0, 0.1) is 0 Å². The molecule has 22 heavy (non-hydrogen) atoms. The zero-order chi connectivity index (χ0) is 14.9. The van der Waals surface area contributed by atoms with Crippen LogP contribution in [0.25, 0.3) is 5.57 Å². The Hall–Kier alpha value is -2.67. The smallest absolute Gasteiger partial charge is 0.152 e. The molecule has 4 heterocycles. The van der Waals surface area contributed by atoms with E-state index >= 15 is 0 Å². The van der Waals surface area contributed by atoms with Gasteiger partial charge in [0, 0.05) is 37.7 Å². The maximum absolute atomic E-state index is 9.40. The van der Waals surface area contributed by atoms with Gasteiger partial charge in [0.05, 0.1) is 12.6 Å². The summed E-state index contributed by atoms with van der Waals surface area (Å²) in [7, 11) is 0. The largest absolute Gasteiger partial charge is 0.389 e. The Balaban J connectivity index is 1.49. The number of rotatable bonds is 3. The third kappa shape index (κ3) is 2.35. The summed E-state index contributed by atoms with van der Waals surface area (Å²) < 4.78 is 0. The van der Waals surface area contributed by atoms with E-state index in [2.05, 4.69) is 20.4 Å². The van der Waals surface area contributed by atoms with Crippen LogP contribution in [0.5, 0.6) is 0 Å². The second kappa shape index (κ2) is 5.27. The first-order chi connectivity index (χ1) is 10.8. The summed E-state index contributed by atoms with van der Waals surface area (Å²) in [5.74, 6) is 1.65. The van der Waals surface area contributed by atoms with Gasteiger partial charge in [-0.2, -0.15) is 0 Å². The van der Waals surface area contributed by atoms with E-state index in [1.165, 1.54) is 0 Å². The maximum atomic E-state index is 9.40. The van der Waals surface area contributed by atoms with E-state index < -0.39 is 0 Å². The highest BCUT2D eigenvalue weighted by Crippen LogP contribution is 2.25. The monoisotopic (exact) mass is 296 g/mol. The van der Waals surface area contributed by atoms with Crippen LogP contribution in [0.2, 0.25) is 0 Å². The second-order valence-corrected chi connectivity index (χ2v) is 5.42. The summed E-state index contributed by atoms with van der Waals surface area (Å²) in [6.45, 7) is 1.97. The van der Waals surface area contributed by atoms with Crippen LogP contribution in [0.4, 0.5) is 11.6 Å². The van der Waals surface area contributed by atoms with Crippen molar-refractivity contribution in [1.82, 2.24) is 20.4 Å². The number of hydrogen-bond donors (Lipinski definition) is 2. The molecule has 7 nitrogen and oxygen atoms in total. The van der Waals surface area contributed by atoms with Crippen molar-refractivity contribution < 1.29 is 5.11 Å². The molecule has 0 atom stereocenters. The van der Waals surface area contributed by atoms with Crippen LogP contribution in [-0.4, -0.2) is 45.8 Å². The fourth-order valence-electron chi connectivity index (χ4n) is 2.59. The molecule has 0 bridgehead atoms. The van der Waals surface area contributed by atoms with Gasteiger partial charge in [-0.15, -0.1) is 0 Å². The molecule has 2 aliphatic rings. The molecule has 112 valence electrons. The first-order valence-electron chi connectivity index (χ1n) is 7.18. The van der Waals surface area contributed by atoms with Crippen LogP contribution >= 0.6 is 0 Å². The normalized spacial score (nSPS) is 18.0. The number of hydrazine groups is 1. The lowest BCUT2D eigenvalue weighted by Gasteiger charge is -2.37. The van der Waals surface area contributed by atoms with E-state index in [9.17, 15) is 5.11 Å². The number of nitrogens with zero attached hydrogens (tertiary/aromatic N) is 5. The van der Waals surface area contributed by atoms with Crippen molar-refractivity contribution in [3.63, 3.8) is 0 Å². The van der Waals surface area contributed by atoms with Gasteiger partial charge in [-0.25, -0.2) is 9.97 Å². The molecule has 1 fully saturated rings. The van der Waals surface area contributed by atoms with Crippen LogP contribution < -0.4 is 15.3 Å². The van der Waals surface area contributed by atoms with E-state index in [1.54, 1.807) is 12.5 Å². The van der Waals surface area contributed by atoms with Crippen LogP contribution in [-0.2, 0) is 0 Å². The molecule has 0 aliphatic carbocycles. The summed E-state index contributed by atoms with van der Waals surface area (Å²) in [4.78, 5) is 14.8. The van der Waals surface area contributed by atoms with Crippen molar-refractivity contribution in [2.75, 3.05) is 29.5 Å². The molecule has 2 N–H and O–H groups in total. The van der Waals surface area contributed by atoms with Crippen molar-refractivity contribution >= 4 is 17.2 Å². The van der Waals surface area contributed by atoms with Crippen molar-refractivity contribution in [2.45, 2.75) is 6.10 Å². The third-order valence-corrected chi connectivity index (χ3v) is 3.86. The van der Waals surface area contributed by atoms with Gasteiger partial charge in [0.2, 0.25) is 0 Å². The van der Waals surface area contributed by atoms with Crippen molar-refractivity contribution in [3.8, 4) is 0 Å². The number of anilines is 2. The Morgan fingerprint density at radius 3 is 2.86 bits per heavy atom. The third-order valence-electron chi connectivity index (χ3n) is 3.86. The molecule has 4 rings (SSSR count). The molecule has 0 spiro atoms. The number of nitrogens with one attached hydrogen (secondary N) is 1. The van der Waals surface area contributed by atoms with Gasteiger partial charge < -0.3 is 15.4 Å². The van der Waals surface area contributed by atoms with Crippen LogP contribution in [0.15, 0.2) is 43.1 Å². The molecular formula is C15H16N6O. The molecular weight excluding hydrogens is 280 g/mol. The minimum Gasteiger partial charge on any atom is -0.389 e. The molecule has 2 aliphatic heterocycles. The van der Waals surface area contributed by atoms with E-state index in [-0.39, 0.29) is 6.10 Å². The average Bonchev–Trinajstić information content (AvgIpc) is 3.03. The van der Waals surface area contributed by atoms with Crippen LogP contribution in [0.1, 0.15) is 5.56 Å². The molecule has 0 saturated carbocycles. The fourth-order valence-corrected chi connectivity index (χ4v) is 2.59. The van der Waals surface area contributed by atoms with Gasteiger partial charge >= 0.3 is 0 Å². The summed E-state index contributed by atoms with van der Waals surface area (Å²) in [6.07, 6.45) is 6.89. The Bertz CT molecular complexity index is 698. The summed E-state index contributed by atoms with van der Waals surface area (Å²) >= 11 is 0. The molecule has 7 heteroatoms. The van der Waals surface area contributed by atoms with Gasteiger partial charge in [-0.1, -0.05) is 6.07 Å². The summed E-state index contributed by atoms with van der Waals surface area (Å²) in [6, 6.07) is 5.90. The number of aliphatic hydroxyl groups is 1. The van der Waals surface area contributed by atoms with Gasteiger partial charge in [0.15, 0.2) is 5.82 Å². The van der Waals surface area contributed by atoms with Gasteiger partial charge in [0.25, 0.3) is 0 Å². The Labute approximate surface area is 127 Å². The molecule has 0 amide bonds. The van der Waals surface area contributed by atoms with Crippen LogP contribution in [0.3, 0.4) is 0 Å². The van der Waals surface area contributed by atoms with E-state index in [4.69, 9.17) is 0 Å². The predicted molar refractivity (Wildman–Crippen MR) is 82.9 cm³/mol. The Morgan fingerprint density at radius 2 is 2.09 bits per heavy atom. The van der Waals surface area contributed by atoms with E-state index in [1.807, 2.05) is 40.5 Å². The van der Waals surface area contributed by atoms with Crippen molar-refractivity contribution in [2.24, 2.45) is 0 Å². The first-order valence-corrected chi connectivity index (χ1v) is 7.18. The summed E-state index contributed by atoms with van der Waals surface area (Å²) in [5.41, 5.74) is 5.47. The number of β-amino-alcohol motifs (C(OH)–C–C–N with tert-alkyl or cyclic N) is 1. The molecule has 2 aromatic rings. The lowest BCUT2D eigenvalue weighted by Crippen LogP contribution is -2.51. The zero-order valence-corrected chi connectivity index (χ0v) is 11.9. The maximum Gasteiger partial charge on any atom is 0.152 e. The average molecular weight is 296 g/mol. The Morgan fingerprint density at radius 1 is 1.23 bits per heavy atom. The second-order valence-electron chi connectivity index (χ2n) is 5.42. The van der Waals surface area contributed by atoms with Gasteiger partial charge in [-0.3, -0.25) is 9.99 Å².